The van der Waals surface area contributed by atoms with E-state index in [0.29, 0.717) is 13.1 Å². The molecule has 0 bridgehead atoms. The summed E-state index contributed by atoms with van der Waals surface area (Å²) in [7, 11) is -3.46. The van der Waals surface area contributed by atoms with Gasteiger partial charge >= 0.3 is 0 Å². The monoisotopic (exact) mass is 387 g/mol. The third-order valence-electron chi connectivity index (χ3n) is 5.02. The predicted octanol–water partition coefficient (Wildman–Crippen LogP) is 2.48. The van der Waals surface area contributed by atoms with Gasteiger partial charge in [-0.25, -0.2) is 13.1 Å². The van der Waals surface area contributed by atoms with E-state index in [2.05, 4.69) is 15.0 Å². The van der Waals surface area contributed by atoms with Gasteiger partial charge in [0.1, 0.15) is 0 Å². The molecule has 1 aliphatic rings. The number of carbonyl (C=O) groups excluding carboxylic acids is 1. The highest BCUT2D eigenvalue weighted by Gasteiger charge is 2.27. The van der Waals surface area contributed by atoms with Crippen molar-refractivity contribution in [2.45, 2.75) is 37.1 Å². The molecule has 0 spiro atoms. The van der Waals surface area contributed by atoms with Crippen molar-refractivity contribution in [1.82, 2.24) is 15.0 Å². The second-order valence-corrected chi connectivity index (χ2v) is 8.73. The third-order valence-corrected chi connectivity index (χ3v) is 6.46. The fourth-order valence-electron chi connectivity index (χ4n) is 3.38. The van der Waals surface area contributed by atoms with Crippen molar-refractivity contribution in [2.24, 2.45) is 11.8 Å². The summed E-state index contributed by atoms with van der Waals surface area (Å²) in [6, 6.07) is 12.2. The van der Waals surface area contributed by atoms with Gasteiger partial charge in [0.2, 0.25) is 15.9 Å². The Morgan fingerprint density at radius 3 is 2.44 bits per heavy atom. The minimum absolute atomic E-state index is 0.00338. The molecule has 1 aliphatic carbocycles. The summed E-state index contributed by atoms with van der Waals surface area (Å²) in [6.45, 7) is 0.907. The number of nitrogens with one attached hydrogen (secondary N) is 2. The van der Waals surface area contributed by atoms with Gasteiger partial charge in [-0.2, -0.15) is 0 Å². The quantitative estimate of drug-likeness (QED) is 0.764. The van der Waals surface area contributed by atoms with Crippen LogP contribution >= 0.6 is 0 Å². The number of rotatable bonds is 7. The molecule has 0 aliphatic heterocycles. The minimum atomic E-state index is -3.46. The van der Waals surface area contributed by atoms with Gasteiger partial charge in [-0.3, -0.25) is 9.78 Å². The molecule has 0 unspecified atom stereocenters. The summed E-state index contributed by atoms with van der Waals surface area (Å²) in [4.78, 5) is 16.7. The second kappa shape index (κ2) is 9.10. The number of carbonyl (C=O) groups is 1. The molecule has 1 heterocycles. The van der Waals surface area contributed by atoms with Crippen LogP contribution in [0.3, 0.4) is 0 Å². The van der Waals surface area contributed by atoms with E-state index in [1.54, 1.807) is 42.7 Å². The maximum absolute atomic E-state index is 12.3. The zero-order valence-electron chi connectivity index (χ0n) is 15.2. The maximum Gasteiger partial charge on any atom is 0.240 e. The van der Waals surface area contributed by atoms with Crippen molar-refractivity contribution in [3.63, 3.8) is 0 Å². The lowest BCUT2D eigenvalue weighted by molar-refractivity contribution is -0.126. The molecule has 0 atom stereocenters. The van der Waals surface area contributed by atoms with Crippen LogP contribution < -0.4 is 10.0 Å². The van der Waals surface area contributed by atoms with Gasteiger partial charge in [-0.1, -0.05) is 24.3 Å². The summed E-state index contributed by atoms with van der Waals surface area (Å²) < 4.78 is 27.3. The molecule has 2 aromatic rings. The largest absolute Gasteiger partial charge is 0.352 e. The smallest absolute Gasteiger partial charge is 0.240 e. The normalized spacial score (nSPS) is 20.1. The molecule has 3 rings (SSSR count). The van der Waals surface area contributed by atoms with E-state index in [1.165, 1.54) is 0 Å². The van der Waals surface area contributed by atoms with Crippen molar-refractivity contribution >= 4 is 15.9 Å². The average molecular weight is 388 g/mol. The van der Waals surface area contributed by atoms with Crippen LogP contribution in [-0.2, 0) is 21.4 Å². The number of amides is 1. The molecule has 144 valence electrons. The Morgan fingerprint density at radius 1 is 1.04 bits per heavy atom. The molecule has 27 heavy (non-hydrogen) atoms. The van der Waals surface area contributed by atoms with E-state index in [4.69, 9.17) is 0 Å². The highest BCUT2D eigenvalue weighted by Crippen LogP contribution is 2.29. The highest BCUT2D eigenvalue weighted by atomic mass is 32.2. The van der Waals surface area contributed by atoms with E-state index >= 15 is 0 Å². The van der Waals surface area contributed by atoms with Gasteiger partial charge in [-0.05, 0) is 55.4 Å². The van der Waals surface area contributed by atoms with Crippen LogP contribution in [0.15, 0.2) is 59.8 Å². The number of nitrogens with zero attached hydrogens (tertiary/aromatic N) is 1. The fraction of sp³-hybridized carbons (Fsp3) is 0.400. The molecule has 0 radical (unpaired) electrons. The standard InChI is InChI=1S/C20H25N3O3S/c24-20(22-14-17-5-4-12-21-13-17)18-10-8-16(9-11-18)15-23-27(25,26)19-6-2-1-3-7-19/h1-7,12-13,16,18,23H,8-11,14-15H2,(H,22,24). The molecule has 6 nitrogen and oxygen atoms in total. The average Bonchev–Trinajstić information content (AvgIpc) is 2.72. The van der Waals surface area contributed by atoms with Gasteiger partial charge in [-0.15, -0.1) is 0 Å². The zero-order chi connectivity index (χ0) is 19.1. The van der Waals surface area contributed by atoms with E-state index in [-0.39, 0.29) is 22.6 Å². The number of pyridine rings is 1. The number of sulfonamides is 1. The first-order valence-electron chi connectivity index (χ1n) is 9.26. The minimum Gasteiger partial charge on any atom is -0.352 e. The SMILES string of the molecule is O=C(NCc1cccnc1)C1CCC(CNS(=O)(=O)c2ccccc2)CC1. The van der Waals surface area contributed by atoms with Crippen molar-refractivity contribution in [2.75, 3.05) is 6.54 Å². The van der Waals surface area contributed by atoms with Crippen LogP contribution in [0.1, 0.15) is 31.2 Å². The first kappa shape index (κ1) is 19.5. The van der Waals surface area contributed by atoms with Crippen LogP contribution in [0.25, 0.3) is 0 Å². The van der Waals surface area contributed by atoms with Crippen molar-refractivity contribution < 1.29 is 13.2 Å². The molecular weight excluding hydrogens is 362 g/mol. The van der Waals surface area contributed by atoms with Gasteiger partial charge in [0.25, 0.3) is 0 Å². The van der Waals surface area contributed by atoms with Crippen LogP contribution in [0.2, 0.25) is 0 Å². The number of benzene rings is 1. The Kier molecular flexibility index (Phi) is 6.58. The lowest BCUT2D eigenvalue weighted by Crippen LogP contribution is -2.36. The summed E-state index contributed by atoms with van der Waals surface area (Å²) in [5, 5.41) is 2.97. The number of aromatic nitrogens is 1. The molecule has 1 aromatic carbocycles. The molecule has 0 saturated heterocycles. The molecule has 1 aromatic heterocycles. The maximum atomic E-state index is 12.3. The molecular formula is C20H25N3O3S. The topological polar surface area (TPSA) is 88.2 Å². The van der Waals surface area contributed by atoms with Crippen LogP contribution in [0.5, 0.6) is 0 Å². The number of hydrogen-bond acceptors (Lipinski definition) is 4. The van der Waals surface area contributed by atoms with Crippen LogP contribution in [-0.4, -0.2) is 25.9 Å². The van der Waals surface area contributed by atoms with E-state index in [9.17, 15) is 13.2 Å². The molecule has 1 saturated carbocycles. The highest BCUT2D eigenvalue weighted by molar-refractivity contribution is 7.89. The lowest BCUT2D eigenvalue weighted by atomic mass is 9.81. The van der Waals surface area contributed by atoms with Crippen LogP contribution in [0, 0.1) is 11.8 Å². The Morgan fingerprint density at radius 2 is 1.78 bits per heavy atom. The van der Waals surface area contributed by atoms with E-state index in [0.717, 1.165) is 31.2 Å². The van der Waals surface area contributed by atoms with E-state index in [1.807, 2.05) is 12.1 Å². The van der Waals surface area contributed by atoms with E-state index < -0.39 is 10.0 Å². The number of hydrogen-bond donors (Lipinski definition) is 2. The Bertz CT molecular complexity index is 833. The molecule has 1 fully saturated rings. The summed E-state index contributed by atoms with van der Waals surface area (Å²) in [5.41, 5.74) is 0.981. The fourth-order valence-corrected chi connectivity index (χ4v) is 4.51. The van der Waals surface area contributed by atoms with Crippen molar-refractivity contribution in [3.8, 4) is 0 Å². The summed E-state index contributed by atoms with van der Waals surface area (Å²) >= 11 is 0. The second-order valence-electron chi connectivity index (χ2n) is 6.96. The summed E-state index contributed by atoms with van der Waals surface area (Å²) in [5.74, 6) is 0.344. The van der Waals surface area contributed by atoms with Gasteiger partial charge in [0.15, 0.2) is 0 Å². The Hall–Kier alpha value is -2.25. The first-order valence-corrected chi connectivity index (χ1v) is 10.7. The zero-order valence-corrected chi connectivity index (χ0v) is 16.0. The van der Waals surface area contributed by atoms with Gasteiger partial charge in [0.05, 0.1) is 4.90 Å². The van der Waals surface area contributed by atoms with Crippen molar-refractivity contribution in [3.05, 3.63) is 60.4 Å². The first-order chi connectivity index (χ1) is 13.0. The van der Waals surface area contributed by atoms with Gasteiger partial charge in [0, 0.05) is 31.4 Å². The molecule has 2 N–H and O–H groups in total. The lowest BCUT2D eigenvalue weighted by Gasteiger charge is -2.27. The molecule has 7 heteroatoms. The predicted molar refractivity (Wildman–Crippen MR) is 103 cm³/mol. The molecule has 1 amide bonds. The Balaban J connectivity index is 1.41. The van der Waals surface area contributed by atoms with Crippen LogP contribution in [0.4, 0.5) is 0 Å². The van der Waals surface area contributed by atoms with Crippen molar-refractivity contribution in [1.29, 1.82) is 0 Å². The Labute approximate surface area is 160 Å². The summed E-state index contributed by atoms with van der Waals surface area (Å²) in [6.07, 6.45) is 6.73. The third kappa shape index (κ3) is 5.61. The van der Waals surface area contributed by atoms with Gasteiger partial charge < -0.3 is 5.32 Å².